The minimum Gasteiger partial charge on any atom is -0.453 e. The van der Waals surface area contributed by atoms with Gasteiger partial charge in [-0.05, 0) is 64.4 Å². The summed E-state index contributed by atoms with van der Waals surface area (Å²) in [5.41, 5.74) is -0.439. The predicted octanol–water partition coefficient (Wildman–Crippen LogP) is 4.60. The highest BCUT2D eigenvalue weighted by Crippen LogP contribution is 2.24. The van der Waals surface area contributed by atoms with E-state index in [1.54, 1.807) is 37.5 Å². The van der Waals surface area contributed by atoms with Crippen LogP contribution in [-0.4, -0.2) is 41.8 Å². The number of nitrogens with zero attached hydrogens (tertiary/aromatic N) is 2. The van der Waals surface area contributed by atoms with E-state index in [4.69, 9.17) is 9.47 Å². The Kier molecular flexibility index (Phi) is 10.8. The maximum Gasteiger partial charge on any atom is 0.408 e. The van der Waals surface area contributed by atoms with E-state index in [-0.39, 0.29) is 29.7 Å². The van der Waals surface area contributed by atoms with Crippen LogP contribution in [0.15, 0.2) is 47.7 Å². The van der Waals surface area contributed by atoms with Crippen molar-refractivity contribution in [1.82, 2.24) is 20.9 Å². The molecule has 0 aliphatic heterocycles. The summed E-state index contributed by atoms with van der Waals surface area (Å²) in [6.07, 6.45) is 2.65. The Labute approximate surface area is 211 Å². The average Bonchev–Trinajstić information content (AvgIpc) is 2.69. The Balaban J connectivity index is 0.00000544. The topological polar surface area (TPSA) is 96.9 Å². The van der Waals surface area contributed by atoms with E-state index < -0.39 is 23.1 Å². The summed E-state index contributed by atoms with van der Waals surface area (Å²) in [6.45, 7) is 9.92. The zero-order valence-electron chi connectivity index (χ0n) is 19.9. The van der Waals surface area contributed by atoms with Gasteiger partial charge in [0.05, 0.1) is 11.7 Å². The van der Waals surface area contributed by atoms with Crippen molar-refractivity contribution in [2.75, 3.05) is 13.6 Å². The van der Waals surface area contributed by atoms with Gasteiger partial charge < -0.3 is 25.4 Å². The summed E-state index contributed by atoms with van der Waals surface area (Å²) in [6, 6.07) is 8.16. The molecule has 33 heavy (non-hydrogen) atoms. The van der Waals surface area contributed by atoms with E-state index in [9.17, 15) is 9.18 Å². The third-order valence-corrected chi connectivity index (χ3v) is 4.08. The molecular weight excluding hydrogens is 540 g/mol. The SMILES string of the molecule is CN=C(NCc1ccc(Oc2cccnc2)c(F)c1)NCC(C)(C)NC(=O)OC(C)(C)C.I. The highest BCUT2D eigenvalue weighted by molar-refractivity contribution is 14.0. The normalized spacial score (nSPS) is 11.8. The van der Waals surface area contributed by atoms with Gasteiger partial charge >= 0.3 is 6.09 Å². The van der Waals surface area contributed by atoms with E-state index in [1.165, 1.54) is 12.3 Å². The molecule has 0 atom stereocenters. The zero-order chi connectivity index (χ0) is 23.8. The number of pyridine rings is 1. The van der Waals surface area contributed by atoms with Gasteiger partial charge in [-0.15, -0.1) is 24.0 Å². The van der Waals surface area contributed by atoms with Gasteiger partial charge in [-0.1, -0.05) is 6.07 Å². The standard InChI is InChI=1S/C23H32FN5O3.HI/c1-22(2,3)32-21(30)29-23(4,5)15-28-20(25-6)27-13-16-9-10-19(18(24)12-16)31-17-8-7-11-26-14-17;/h7-12,14H,13,15H2,1-6H3,(H,29,30)(H2,25,27,28);1H. The number of amides is 1. The number of nitrogens with one attached hydrogen (secondary N) is 3. The Bertz CT molecular complexity index is 933. The summed E-state index contributed by atoms with van der Waals surface area (Å²) in [5, 5.41) is 9.10. The van der Waals surface area contributed by atoms with Crippen LogP contribution >= 0.6 is 24.0 Å². The molecule has 2 rings (SSSR count). The van der Waals surface area contributed by atoms with Crippen LogP contribution in [0.25, 0.3) is 0 Å². The van der Waals surface area contributed by atoms with Gasteiger partial charge in [-0.3, -0.25) is 9.98 Å². The van der Waals surface area contributed by atoms with Crippen molar-refractivity contribution in [3.05, 3.63) is 54.1 Å². The second-order valence-corrected chi connectivity index (χ2v) is 8.85. The number of carbonyl (C=O) groups excluding carboxylic acids is 1. The molecule has 10 heteroatoms. The Morgan fingerprint density at radius 2 is 1.88 bits per heavy atom. The molecule has 1 aromatic carbocycles. The minimum absolute atomic E-state index is 0. The summed E-state index contributed by atoms with van der Waals surface area (Å²) in [4.78, 5) is 20.1. The van der Waals surface area contributed by atoms with E-state index in [1.807, 2.05) is 34.6 Å². The first-order valence-electron chi connectivity index (χ1n) is 10.3. The lowest BCUT2D eigenvalue weighted by atomic mass is 10.1. The maximum atomic E-state index is 14.4. The number of hydrogen-bond donors (Lipinski definition) is 3. The van der Waals surface area contributed by atoms with Crippen LogP contribution in [0.3, 0.4) is 0 Å². The summed E-state index contributed by atoms with van der Waals surface area (Å²) in [7, 11) is 1.63. The summed E-state index contributed by atoms with van der Waals surface area (Å²) >= 11 is 0. The first kappa shape index (κ1) is 28.4. The van der Waals surface area contributed by atoms with Crippen LogP contribution < -0.4 is 20.7 Å². The van der Waals surface area contributed by atoms with Gasteiger partial charge in [0.25, 0.3) is 0 Å². The van der Waals surface area contributed by atoms with Crippen molar-refractivity contribution in [1.29, 1.82) is 0 Å². The van der Waals surface area contributed by atoms with Crippen LogP contribution in [0.1, 0.15) is 40.2 Å². The molecule has 0 bridgehead atoms. The van der Waals surface area contributed by atoms with E-state index in [0.29, 0.717) is 24.8 Å². The third-order valence-electron chi connectivity index (χ3n) is 4.08. The molecule has 0 aliphatic rings. The monoisotopic (exact) mass is 573 g/mol. The number of rotatable bonds is 7. The van der Waals surface area contributed by atoms with Gasteiger partial charge in [0.1, 0.15) is 11.4 Å². The number of aromatic nitrogens is 1. The lowest BCUT2D eigenvalue weighted by Gasteiger charge is -2.29. The number of alkyl carbamates (subject to hydrolysis) is 1. The summed E-state index contributed by atoms with van der Waals surface area (Å²) < 4.78 is 25.2. The number of aliphatic imine (C=N–C) groups is 1. The largest absolute Gasteiger partial charge is 0.453 e. The predicted molar refractivity (Wildman–Crippen MR) is 138 cm³/mol. The average molecular weight is 573 g/mol. The molecule has 0 fully saturated rings. The van der Waals surface area contributed by atoms with Gasteiger partial charge in [0.2, 0.25) is 0 Å². The minimum atomic E-state index is -0.586. The van der Waals surface area contributed by atoms with Crippen LogP contribution in [0, 0.1) is 5.82 Å². The summed E-state index contributed by atoms with van der Waals surface area (Å²) in [5.74, 6) is 0.627. The Morgan fingerprint density at radius 3 is 2.45 bits per heavy atom. The van der Waals surface area contributed by atoms with Crippen molar-refractivity contribution in [2.24, 2.45) is 4.99 Å². The smallest absolute Gasteiger partial charge is 0.408 e. The van der Waals surface area contributed by atoms with Crippen LogP contribution in [0.4, 0.5) is 9.18 Å². The molecule has 3 N–H and O–H groups in total. The van der Waals surface area contributed by atoms with E-state index in [2.05, 4.69) is 25.9 Å². The molecule has 0 unspecified atom stereocenters. The molecule has 0 saturated heterocycles. The van der Waals surface area contributed by atoms with Crippen LogP contribution in [0.2, 0.25) is 0 Å². The molecule has 1 heterocycles. The van der Waals surface area contributed by atoms with Gasteiger partial charge in [-0.2, -0.15) is 0 Å². The van der Waals surface area contributed by atoms with Gasteiger partial charge in [0, 0.05) is 26.3 Å². The lowest BCUT2D eigenvalue weighted by Crippen LogP contribution is -2.54. The number of guanidine groups is 1. The molecule has 1 aromatic heterocycles. The van der Waals surface area contributed by atoms with Crippen molar-refractivity contribution >= 4 is 36.0 Å². The number of halogens is 2. The second-order valence-electron chi connectivity index (χ2n) is 8.85. The fourth-order valence-electron chi connectivity index (χ4n) is 2.61. The fraction of sp³-hybridized carbons (Fsp3) is 0.435. The third kappa shape index (κ3) is 10.7. The molecule has 1 amide bonds. The molecular formula is C23H33FIN5O3. The zero-order valence-corrected chi connectivity index (χ0v) is 22.2. The molecule has 0 spiro atoms. The van der Waals surface area contributed by atoms with Crippen molar-refractivity contribution in [2.45, 2.75) is 52.3 Å². The fourth-order valence-corrected chi connectivity index (χ4v) is 2.61. The van der Waals surface area contributed by atoms with Crippen LogP contribution in [0.5, 0.6) is 11.5 Å². The maximum absolute atomic E-state index is 14.4. The van der Waals surface area contributed by atoms with Gasteiger partial charge in [0.15, 0.2) is 17.5 Å². The molecule has 2 aromatic rings. The van der Waals surface area contributed by atoms with E-state index >= 15 is 0 Å². The Hall–Kier alpha value is -2.63. The van der Waals surface area contributed by atoms with Crippen molar-refractivity contribution in [3.63, 3.8) is 0 Å². The number of hydrogen-bond acceptors (Lipinski definition) is 5. The highest BCUT2D eigenvalue weighted by atomic mass is 127. The molecule has 0 radical (unpaired) electrons. The molecule has 8 nitrogen and oxygen atoms in total. The first-order valence-corrected chi connectivity index (χ1v) is 10.3. The lowest BCUT2D eigenvalue weighted by molar-refractivity contribution is 0.0474. The second kappa shape index (κ2) is 12.6. The van der Waals surface area contributed by atoms with E-state index in [0.717, 1.165) is 5.56 Å². The first-order chi connectivity index (χ1) is 15.0. The molecule has 0 saturated carbocycles. The van der Waals surface area contributed by atoms with Crippen molar-refractivity contribution in [3.8, 4) is 11.5 Å². The number of carbonyl (C=O) groups is 1. The molecule has 0 aliphatic carbocycles. The number of ether oxygens (including phenoxy) is 2. The quantitative estimate of drug-likeness (QED) is 0.255. The van der Waals surface area contributed by atoms with Crippen LogP contribution in [-0.2, 0) is 11.3 Å². The Morgan fingerprint density at radius 1 is 1.15 bits per heavy atom. The molecule has 182 valence electrons. The number of benzene rings is 1. The van der Waals surface area contributed by atoms with Gasteiger partial charge in [-0.25, -0.2) is 9.18 Å². The van der Waals surface area contributed by atoms with Crippen molar-refractivity contribution < 1.29 is 18.7 Å². The highest BCUT2D eigenvalue weighted by Gasteiger charge is 2.24.